The maximum absolute atomic E-state index is 14.2. The number of ketones is 1. The summed E-state index contributed by atoms with van der Waals surface area (Å²) in [5, 5.41) is 8.58. The van der Waals surface area contributed by atoms with Gasteiger partial charge in [0.2, 0.25) is 17.6 Å². The monoisotopic (exact) mass is 984 g/mol. The largest absolute Gasteiger partial charge is 0.468 e. The minimum Gasteiger partial charge on any atom is -0.468 e. The molecule has 4 N–H and O–H groups in total. The van der Waals surface area contributed by atoms with E-state index in [1.54, 1.807) is 43.6 Å². The highest BCUT2D eigenvalue weighted by atomic mass is 32.1. The van der Waals surface area contributed by atoms with Crippen molar-refractivity contribution in [1.29, 1.82) is 0 Å². The van der Waals surface area contributed by atoms with E-state index < -0.39 is 12.1 Å². The van der Waals surface area contributed by atoms with Crippen LogP contribution in [0.2, 0.25) is 0 Å². The number of terminal acetylenes is 1. The summed E-state index contributed by atoms with van der Waals surface area (Å²) in [7, 11) is 1.74. The summed E-state index contributed by atoms with van der Waals surface area (Å²) in [6, 6.07) is 22.8. The highest BCUT2D eigenvalue weighted by molar-refractivity contribution is 7.10. The summed E-state index contributed by atoms with van der Waals surface area (Å²) < 4.78 is 22.9. The van der Waals surface area contributed by atoms with Crippen molar-refractivity contribution < 1.29 is 33.3 Å². The number of hydrogen-bond donors (Lipinski definition) is 3. The van der Waals surface area contributed by atoms with Crippen molar-refractivity contribution in [1.82, 2.24) is 20.5 Å². The lowest BCUT2D eigenvalue weighted by Crippen LogP contribution is -2.55. The number of nitrogens with one attached hydrogen (secondary N) is 2. The molecule has 12 nitrogen and oxygen atoms in total. The Hall–Kier alpha value is -5.62. The lowest BCUT2D eigenvalue weighted by molar-refractivity contribution is -0.139. The van der Waals surface area contributed by atoms with E-state index in [4.69, 9.17) is 36.1 Å². The van der Waals surface area contributed by atoms with Crippen LogP contribution >= 0.6 is 11.3 Å². The van der Waals surface area contributed by atoms with Gasteiger partial charge in [-0.1, -0.05) is 79.3 Å². The normalized spacial score (nSPS) is 18.2. The molecule has 1 aliphatic heterocycles. The number of ether oxygens (including phenoxy) is 4. The second-order valence-electron chi connectivity index (χ2n) is 19.2. The number of hydrogen-bond acceptors (Lipinski definition) is 11. The number of anilines is 1. The van der Waals surface area contributed by atoms with Gasteiger partial charge in [-0.25, -0.2) is 4.98 Å². The minimum absolute atomic E-state index is 0.0107. The predicted molar refractivity (Wildman–Crippen MR) is 282 cm³/mol. The molecule has 4 atom stereocenters. The number of thiazole rings is 1. The molecule has 378 valence electrons. The first-order valence-corrected chi connectivity index (χ1v) is 26.5. The molecule has 0 spiro atoms. The third-order valence-electron chi connectivity index (χ3n) is 14.4. The molecule has 71 heavy (non-hydrogen) atoms. The number of likely N-dealkylation sites (tertiary alicyclic amines) is 1. The number of likely N-dealkylation sites (N-methyl/N-ethyl adjacent to an activating group) is 1. The van der Waals surface area contributed by atoms with Crippen LogP contribution in [0.5, 0.6) is 5.75 Å². The van der Waals surface area contributed by atoms with Crippen LogP contribution in [0.15, 0.2) is 94.9 Å². The molecule has 1 aromatic heterocycles. The first-order chi connectivity index (χ1) is 34.6. The highest BCUT2D eigenvalue weighted by Gasteiger charge is 2.40. The highest BCUT2D eigenvalue weighted by Crippen LogP contribution is 2.44. The third-order valence-corrected chi connectivity index (χ3v) is 15.3. The number of benzene rings is 3. The molecule has 0 bridgehead atoms. The number of nitrogen functional groups attached to an aromatic ring is 1. The van der Waals surface area contributed by atoms with Gasteiger partial charge in [0, 0.05) is 41.3 Å². The summed E-state index contributed by atoms with van der Waals surface area (Å²) in [6.07, 6.45) is 17.8. The zero-order chi connectivity index (χ0) is 50.1. The van der Waals surface area contributed by atoms with Crippen molar-refractivity contribution in [3.63, 3.8) is 0 Å². The average molecular weight is 984 g/mol. The maximum Gasteiger partial charge on any atom is 0.246 e. The SMILES string of the molecule is C#CC1=C(C)C(CCCc2ccc(CCCOCCOCCOCOc3cccc(C(=O)c4csc([C@@H]5CCCN5C(=O)[C@@H](NC(=O)C(C)NC)C5CCCCC5)n4)c3)cc2)C(C)=C1c1ccc(N)cc1. The van der Waals surface area contributed by atoms with E-state index in [9.17, 15) is 14.4 Å². The number of amides is 2. The van der Waals surface area contributed by atoms with Gasteiger partial charge in [-0.2, -0.15) is 0 Å². The van der Waals surface area contributed by atoms with Crippen LogP contribution in [0, 0.1) is 24.2 Å². The zero-order valence-corrected chi connectivity index (χ0v) is 43.0. The number of aryl methyl sites for hydroxylation is 2. The van der Waals surface area contributed by atoms with Crippen molar-refractivity contribution in [3.05, 3.63) is 128 Å². The Morgan fingerprint density at radius 3 is 2.25 bits per heavy atom. The smallest absolute Gasteiger partial charge is 0.246 e. The third kappa shape index (κ3) is 14.3. The Morgan fingerprint density at radius 1 is 0.859 bits per heavy atom. The quantitative estimate of drug-likeness (QED) is 0.0182. The van der Waals surface area contributed by atoms with Gasteiger partial charge in [0.15, 0.2) is 6.79 Å². The molecule has 1 saturated heterocycles. The number of nitrogens with zero attached hydrogens (tertiary/aromatic N) is 2. The predicted octanol–water partition coefficient (Wildman–Crippen LogP) is 9.69. The zero-order valence-electron chi connectivity index (χ0n) is 42.1. The van der Waals surface area contributed by atoms with Crippen molar-refractivity contribution in [2.24, 2.45) is 11.8 Å². The molecule has 2 heterocycles. The Labute approximate surface area is 425 Å². The van der Waals surface area contributed by atoms with Crippen molar-refractivity contribution in [3.8, 4) is 18.1 Å². The summed E-state index contributed by atoms with van der Waals surface area (Å²) in [6.45, 7) is 9.23. The number of rotatable bonds is 26. The van der Waals surface area contributed by atoms with Gasteiger partial charge in [-0.3, -0.25) is 14.4 Å². The summed E-state index contributed by atoms with van der Waals surface area (Å²) in [5.74, 6) is 3.50. The lowest BCUT2D eigenvalue weighted by Gasteiger charge is -2.35. The van der Waals surface area contributed by atoms with Crippen LogP contribution in [0.25, 0.3) is 5.57 Å². The second-order valence-corrected chi connectivity index (χ2v) is 20.0. The Bertz CT molecular complexity index is 2500. The molecule has 7 rings (SSSR count). The number of aromatic nitrogens is 1. The molecular formula is C58H73N5O7S. The van der Waals surface area contributed by atoms with Crippen LogP contribution in [0.1, 0.15) is 129 Å². The first-order valence-electron chi connectivity index (χ1n) is 25.6. The fourth-order valence-electron chi connectivity index (χ4n) is 10.2. The molecule has 2 aliphatic carbocycles. The molecule has 2 amide bonds. The van der Waals surface area contributed by atoms with Gasteiger partial charge in [0.05, 0.1) is 38.5 Å². The summed E-state index contributed by atoms with van der Waals surface area (Å²) in [4.78, 5) is 47.4. The second kappa shape index (κ2) is 26.7. The van der Waals surface area contributed by atoms with Crippen molar-refractivity contribution in [2.45, 2.75) is 116 Å². The van der Waals surface area contributed by atoms with Gasteiger partial charge in [0.1, 0.15) is 22.5 Å². The van der Waals surface area contributed by atoms with E-state index in [0.29, 0.717) is 62.5 Å². The standard InChI is InChI=1S/C58H73N5O7S/c1-6-49-39(2)50(40(3)53(49)44-26-28-47(59)29-27-44)20-10-14-42-22-24-43(25-23-42)15-13-31-67-32-33-68-34-35-69-38-70-48-19-11-18-46(36-48)55(64)51-37-71-57(61-51)52-21-12-30-63(52)58(66)54(45-16-8-7-9-17-45)62-56(65)41(4)60-5/h1,11,18-19,22-29,36-37,41,45,50,52,54,60H,7-10,12-17,20-21,30-35,38,59H2,2-5H3,(H,62,65)/t41?,50?,52-,54-/m0/s1. The molecule has 13 heteroatoms. The van der Waals surface area contributed by atoms with Crippen LogP contribution in [-0.2, 0) is 36.6 Å². The molecule has 2 unspecified atom stereocenters. The Kier molecular flexibility index (Phi) is 20.0. The molecule has 0 radical (unpaired) electrons. The molecule has 3 aliphatic rings. The van der Waals surface area contributed by atoms with Crippen molar-refractivity contribution in [2.75, 3.05) is 59.2 Å². The molecular weight excluding hydrogens is 911 g/mol. The van der Waals surface area contributed by atoms with Gasteiger partial charge in [0.25, 0.3) is 0 Å². The number of carbonyl (C=O) groups excluding carboxylic acids is 3. The van der Waals surface area contributed by atoms with E-state index in [1.165, 1.54) is 39.2 Å². The number of allylic oxidation sites excluding steroid dienone is 4. The first kappa shape index (κ1) is 53.2. The molecule has 3 aromatic carbocycles. The number of nitrogens with two attached hydrogens (primary N) is 1. The molecule has 4 aromatic rings. The van der Waals surface area contributed by atoms with E-state index in [0.717, 1.165) is 98.9 Å². The topological polar surface area (TPSA) is 154 Å². The van der Waals surface area contributed by atoms with Crippen LogP contribution in [0.4, 0.5) is 5.69 Å². The number of carbonyl (C=O) groups is 3. The fraction of sp³-hybridized carbons (Fsp3) is 0.483. The average Bonchev–Trinajstić information content (AvgIpc) is 4.15. The summed E-state index contributed by atoms with van der Waals surface area (Å²) >= 11 is 1.40. The van der Waals surface area contributed by atoms with Crippen molar-refractivity contribution >= 4 is 40.2 Å². The van der Waals surface area contributed by atoms with Gasteiger partial charge < -0.3 is 40.2 Å². The van der Waals surface area contributed by atoms with Crippen LogP contribution < -0.4 is 21.1 Å². The van der Waals surface area contributed by atoms with Crippen LogP contribution in [-0.4, -0.2) is 93.0 Å². The van der Waals surface area contributed by atoms with E-state index in [1.807, 2.05) is 17.0 Å². The Balaban J connectivity index is 0.748. The van der Waals surface area contributed by atoms with E-state index in [2.05, 4.69) is 66.8 Å². The van der Waals surface area contributed by atoms with Crippen LogP contribution in [0.3, 0.4) is 0 Å². The summed E-state index contributed by atoms with van der Waals surface area (Å²) in [5.41, 5.74) is 16.1. The van der Waals surface area contributed by atoms with E-state index in [-0.39, 0.29) is 36.4 Å². The molecule has 1 saturated carbocycles. The van der Waals surface area contributed by atoms with E-state index >= 15 is 0 Å². The molecule has 2 fully saturated rings. The van der Waals surface area contributed by atoms with Gasteiger partial charge in [-0.15, -0.1) is 17.8 Å². The fourth-order valence-corrected chi connectivity index (χ4v) is 11.2. The van der Waals surface area contributed by atoms with Gasteiger partial charge >= 0.3 is 0 Å². The minimum atomic E-state index is -0.575. The van der Waals surface area contributed by atoms with Gasteiger partial charge in [-0.05, 0) is 144 Å². The maximum atomic E-state index is 14.2. The lowest BCUT2D eigenvalue weighted by atomic mass is 9.83. The Morgan fingerprint density at radius 2 is 1.55 bits per heavy atom.